The molecule has 0 aromatic heterocycles. The molecule has 0 bridgehead atoms. The Morgan fingerprint density at radius 1 is 1.10 bits per heavy atom. The molecule has 1 aliphatic heterocycles. The van der Waals surface area contributed by atoms with E-state index in [4.69, 9.17) is 9.47 Å². The lowest BCUT2D eigenvalue weighted by Crippen LogP contribution is -2.55. The molecule has 1 heterocycles. The van der Waals surface area contributed by atoms with E-state index in [1.54, 1.807) is 16.9 Å². The maximum absolute atomic E-state index is 12.6. The maximum atomic E-state index is 12.6. The van der Waals surface area contributed by atoms with E-state index in [9.17, 15) is 9.59 Å². The van der Waals surface area contributed by atoms with Crippen LogP contribution in [-0.4, -0.2) is 67.7 Å². The highest BCUT2D eigenvalue weighted by Gasteiger charge is 2.26. The molecule has 0 unspecified atom stereocenters. The summed E-state index contributed by atoms with van der Waals surface area (Å²) in [5.74, 6) is 1.06. The number of hydrogen-bond donors (Lipinski definition) is 1. The lowest BCUT2D eigenvalue weighted by atomic mass is 9.96. The second-order valence-electron chi connectivity index (χ2n) is 7.92. The molecule has 7 nitrogen and oxygen atoms in total. The van der Waals surface area contributed by atoms with Crippen LogP contribution in [0.3, 0.4) is 0 Å². The molecule has 3 rings (SSSR count). The summed E-state index contributed by atoms with van der Waals surface area (Å²) in [5.41, 5.74) is 1.07. The largest absolute Gasteiger partial charge is 0.493 e. The Kier molecular flexibility index (Phi) is 7.99. The van der Waals surface area contributed by atoms with Gasteiger partial charge in [-0.05, 0) is 37.0 Å². The average molecular weight is 416 g/mol. The van der Waals surface area contributed by atoms with Crippen molar-refractivity contribution in [1.29, 1.82) is 0 Å². The molecule has 2 fully saturated rings. The standard InChI is InChI=1S/C23H33N3O4/c1-3-7-18-10-11-20(21(16-18)29-2)30-17-22(27)25-12-14-26(15-13-25)23(28)24-19-8-5-4-6-9-19/h3,10-11,16,19H,1,4-9,12-15,17H2,2H3,(H,24,28). The Labute approximate surface area is 179 Å². The minimum Gasteiger partial charge on any atom is -0.493 e. The van der Waals surface area contributed by atoms with Gasteiger partial charge in [0.1, 0.15) is 0 Å². The topological polar surface area (TPSA) is 71.1 Å². The van der Waals surface area contributed by atoms with Gasteiger partial charge < -0.3 is 24.6 Å². The van der Waals surface area contributed by atoms with Gasteiger partial charge in [0.25, 0.3) is 5.91 Å². The normalized spacial score (nSPS) is 17.4. The number of urea groups is 1. The first-order valence-corrected chi connectivity index (χ1v) is 10.8. The van der Waals surface area contributed by atoms with Crippen molar-refractivity contribution < 1.29 is 19.1 Å². The third-order valence-electron chi connectivity index (χ3n) is 5.81. The van der Waals surface area contributed by atoms with E-state index >= 15 is 0 Å². The summed E-state index contributed by atoms with van der Waals surface area (Å²) >= 11 is 0. The molecule has 1 saturated carbocycles. The van der Waals surface area contributed by atoms with Crippen LogP contribution in [0, 0.1) is 0 Å². The predicted molar refractivity (Wildman–Crippen MR) is 116 cm³/mol. The molecule has 1 N–H and O–H groups in total. The van der Waals surface area contributed by atoms with Gasteiger partial charge in [-0.25, -0.2) is 4.79 Å². The monoisotopic (exact) mass is 415 g/mol. The number of benzene rings is 1. The first-order valence-electron chi connectivity index (χ1n) is 10.8. The number of nitrogens with zero attached hydrogens (tertiary/aromatic N) is 2. The molecule has 0 atom stereocenters. The molecule has 2 aliphatic rings. The Hall–Kier alpha value is -2.70. The summed E-state index contributed by atoms with van der Waals surface area (Å²) in [6.07, 6.45) is 8.35. The fraction of sp³-hybridized carbons (Fsp3) is 0.565. The van der Waals surface area contributed by atoms with Crippen molar-refractivity contribution in [3.63, 3.8) is 0 Å². The van der Waals surface area contributed by atoms with Crippen LogP contribution in [0.2, 0.25) is 0 Å². The van der Waals surface area contributed by atoms with E-state index in [0.717, 1.165) is 24.8 Å². The highest BCUT2D eigenvalue weighted by Crippen LogP contribution is 2.28. The van der Waals surface area contributed by atoms with E-state index in [1.165, 1.54) is 19.3 Å². The minimum atomic E-state index is -0.0837. The summed E-state index contributed by atoms with van der Waals surface area (Å²) < 4.78 is 11.1. The number of methoxy groups -OCH3 is 1. The summed E-state index contributed by atoms with van der Waals surface area (Å²) in [7, 11) is 1.58. The number of carbonyl (C=O) groups is 2. The third kappa shape index (κ3) is 5.90. The van der Waals surface area contributed by atoms with Gasteiger partial charge in [0, 0.05) is 32.2 Å². The number of carbonyl (C=O) groups excluding carboxylic acids is 2. The van der Waals surface area contributed by atoms with Gasteiger partial charge in [0.2, 0.25) is 0 Å². The first kappa shape index (κ1) is 22.0. The molecule has 164 valence electrons. The highest BCUT2D eigenvalue weighted by molar-refractivity contribution is 5.79. The molecule has 1 aliphatic carbocycles. The molecular weight excluding hydrogens is 382 g/mol. The number of ether oxygens (including phenoxy) is 2. The maximum Gasteiger partial charge on any atom is 0.317 e. The minimum absolute atomic E-state index is 0.00500. The second-order valence-corrected chi connectivity index (χ2v) is 7.92. The Balaban J connectivity index is 1.44. The Morgan fingerprint density at radius 2 is 1.80 bits per heavy atom. The van der Waals surface area contributed by atoms with Crippen LogP contribution in [0.5, 0.6) is 11.5 Å². The summed E-state index contributed by atoms with van der Waals surface area (Å²) in [6, 6.07) is 5.94. The third-order valence-corrected chi connectivity index (χ3v) is 5.81. The quantitative estimate of drug-likeness (QED) is 0.695. The van der Waals surface area contributed by atoms with Crippen molar-refractivity contribution in [2.45, 2.75) is 44.6 Å². The smallest absolute Gasteiger partial charge is 0.317 e. The van der Waals surface area contributed by atoms with Crippen LogP contribution in [0.15, 0.2) is 30.9 Å². The van der Waals surface area contributed by atoms with Crippen LogP contribution in [0.4, 0.5) is 4.79 Å². The van der Waals surface area contributed by atoms with E-state index in [-0.39, 0.29) is 18.5 Å². The van der Waals surface area contributed by atoms with Gasteiger partial charge in [0.15, 0.2) is 18.1 Å². The van der Waals surface area contributed by atoms with Gasteiger partial charge in [-0.1, -0.05) is 31.4 Å². The van der Waals surface area contributed by atoms with Crippen LogP contribution in [0.1, 0.15) is 37.7 Å². The summed E-state index contributed by atoms with van der Waals surface area (Å²) in [5, 5.41) is 3.14. The lowest BCUT2D eigenvalue weighted by Gasteiger charge is -2.36. The first-order chi connectivity index (χ1) is 14.6. The van der Waals surface area contributed by atoms with Gasteiger partial charge >= 0.3 is 6.03 Å². The zero-order valence-electron chi connectivity index (χ0n) is 17.9. The van der Waals surface area contributed by atoms with Crippen LogP contribution < -0.4 is 14.8 Å². The van der Waals surface area contributed by atoms with Crippen molar-refractivity contribution >= 4 is 11.9 Å². The molecule has 1 saturated heterocycles. The van der Waals surface area contributed by atoms with Gasteiger partial charge in [-0.3, -0.25) is 4.79 Å². The van der Waals surface area contributed by atoms with Crippen molar-refractivity contribution in [2.75, 3.05) is 39.9 Å². The highest BCUT2D eigenvalue weighted by atomic mass is 16.5. The van der Waals surface area contributed by atoms with Gasteiger partial charge in [-0.15, -0.1) is 6.58 Å². The summed E-state index contributed by atoms with van der Waals surface area (Å²) in [6.45, 7) is 5.83. The van der Waals surface area contributed by atoms with Gasteiger partial charge in [-0.2, -0.15) is 0 Å². The second kappa shape index (κ2) is 10.9. The predicted octanol–water partition coefficient (Wildman–Crippen LogP) is 2.99. The van der Waals surface area contributed by atoms with E-state index in [1.807, 2.05) is 24.3 Å². The zero-order valence-corrected chi connectivity index (χ0v) is 17.9. The van der Waals surface area contributed by atoms with E-state index in [0.29, 0.717) is 43.7 Å². The van der Waals surface area contributed by atoms with Crippen molar-refractivity contribution in [3.05, 3.63) is 36.4 Å². The number of allylic oxidation sites excluding steroid dienone is 1. The van der Waals surface area contributed by atoms with Crippen molar-refractivity contribution in [2.24, 2.45) is 0 Å². The number of rotatable bonds is 7. The Bertz CT molecular complexity index is 738. The van der Waals surface area contributed by atoms with Gasteiger partial charge in [0.05, 0.1) is 7.11 Å². The fourth-order valence-corrected chi connectivity index (χ4v) is 4.03. The molecule has 0 spiro atoms. The van der Waals surface area contributed by atoms with Crippen LogP contribution in [0.25, 0.3) is 0 Å². The number of amides is 3. The molecular formula is C23H33N3O4. The van der Waals surface area contributed by atoms with E-state index in [2.05, 4.69) is 11.9 Å². The van der Waals surface area contributed by atoms with Crippen LogP contribution in [-0.2, 0) is 11.2 Å². The average Bonchev–Trinajstić information content (AvgIpc) is 2.79. The number of nitrogens with one attached hydrogen (secondary N) is 1. The van der Waals surface area contributed by atoms with Crippen molar-refractivity contribution in [3.8, 4) is 11.5 Å². The molecule has 30 heavy (non-hydrogen) atoms. The summed E-state index contributed by atoms with van der Waals surface area (Å²) in [4.78, 5) is 28.6. The van der Waals surface area contributed by atoms with Crippen LogP contribution >= 0.6 is 0 Å². The Morgan fingerprint density at radius 3 is 2.47 bits per heavy atom. The molecule has 0 radical (unpaired) electrons. The molecule has 1 aromatic carbocycles. The lowest BCUT2D eigenvalue weighted by molar-refractivity contribution is -0.134. The molecule has 7 heteroatoms. The zero-order chi connectivity index (χ0) is 21.3. The van der Waals surface area contributed by atoms with Crippen molar-refractivity contribution in [1.82, 2.24) is 15.1 Å². The molecule has 3 amide bonds. The number of piperazine rings is 1. The molecule has 1 aromatic rings. The SMILES string of the molecule is C=CCc1ccc(OCC(=O)N2CCN(C(=O)NC3CCCCC3)CC2)c(OC)c1. The van der Waals surface area contributed by atoms with E-state index < -0.39 is 0 Å². The number of hydrogen-bond acceptors (Lipinski definition) is 4. The fourth-order valence-electron chi connectivity index (χ4n) is 4.03.